The van der Waals surface area contributed by atoms with Gasteiger partial charge in [0.25, 0.3) is 0 Å². The molecular weight excluding hydrogens is 334 g/mol. The molecule has 1 N–H and O–H groups in total. The van der Waals surface area contributed by atoms with Gasteiger partial charge < -0.3 is 5.32 Å². The maximum absolute atomic E-state index is 12.6. The summed E-state index contributed by atoms with van der Waals surface area (Å²) in [7, 11) is 0. The number of nitrogens with one attached hydrogen (secondary N) is 1. The van der Waals surface area contributed by atoms with Gasteiger partial charge >= 0.3 is 0 Å². The summed E-state index contributed by atoms with van der Waals surface area (Å²) >= 11 is 6.04. The molecule has 0 fully saturated rings. The van der Waals surface area contributed by atoms with Gasteiger partial charge in [-0.25, -0.2) is 0 Å². The van der Waals surface area contributed by atoms with Crippen molar-refractivity contribution in [2.75, 3.05) is 0 Å². The number of halogens is 1. The van der Waals surface area contributed by atoms with E-state index < -0.39 is 6.04 Å². The highest BCUT2D eigenvalue weighted by molar-refractivity contribution is 6.31. The lowest BCUT2D eigenvalue weighted by Gasteiger charge is -2.21. The summed E-state index contributed by atoms with van der Waals surface area (Å²) in [5.41, 5.74) is 3.20. The van der Waals surface area contributed by atoms with Gasteiger partial charge in [-0.1, -0.05) is 56.6 Å². The number of aryl methyl sites for hydroxylation is 1. The quantitative estimate of drug-likeness (QED) is 0.737. The van der Waals surface area contributed by atoms with Crippen molar-refractivity contribution < 1.29 is 4.79 Å². The molecule has 3 atom stereocenters. The van der Waals surface area contributed by atoms with E-state index >= 15 is 0 Å². The summed E-state index contributed by atoms with van der Waals surface area (Å²) < 4.78 is 1.62. The first-order chi connectivity index (χ1) is 11.9. The first-order valence-corrected chi connectivity index (χ1v) is 9.36. The van der Waals surface area contributed by atoms with Crippen LogP contribution >= 0.6 is 11.6 Å². The van der Waals surface area contributed by atoms with E-state index in [1.54, 1.807) is 10.9 Å². The summed E-state index contributed by atoms with van der Waals surface area (Å²) in [4.78, 5) is 12.6. The lowest BCUT2D eigenvalue weighted by atomic mass is 9.95. The Morgan fingerprint density at radius 1 is 1.16 bits per heavy atom. The highest BCUT2D eigenvalue weighted by Gasteiger charge is 2.21. The van der Waals surface area contributed by atoms with Gasteiger partial charge in [0.15, 0.2) is 0 Å². The van der Waals surface area contributed by atoms with Crippen molar-refractivity contribution in [3.8, 4) is 0 Å². The smallest absolute Gasteiger partial charge is 0.245 e. The maximum Gasteiger partial charge on any atom is 0.245 e. The fraction of sp³-hybridized carbons (Fsp3) is 0.500. The molecule has 0 aliphatic rings. The molecule has 0 aliphatic heterocycles. The number of hydrogen-bond acceptors (Lipinski definition) is 2. The standard InChI is InChI=1S/C20H28ClN3O/c1-6-13(3)16-8-10-17(11-9-16)19(7-2)22-20(25)15(5)24-12-18(21)14(4)23-24/h8-13,15,19H,6-7H2,1-5H3,(H,22,25). The highest BCUT2D eigenvalue weighted by atomic mass is 35.5. The summed E-state index contributed by atoms with van der Waals surface area (Å²) in [5, 5.41) is 8.01. The Kier molecular flexibility index (Phi) is 6.65. The van der Waals surface area contributed by atoms with E-state index in [0.29, 0.717) is 10.9 Å². The van der Waals surface area contributed by atoms with E-state index in [4.69, 9.17) is 11.6 Å². The van der Waals surface area contributed by atoms with Crippen molar-refractivity contribution in [2.24, 2.45) is 0 Å². The number of carbonyl (C=O) groups excluding carboxylic acids is 1. The molecule has 0 radical (unpaired) electrons. The molecule has 0 bridgehead atoms. The van der Waals surface area contributed by atoms with Crippen LogP contribution in [-0.2, 0) is 4.79 Å². The Morgan fingerprint density at radius 3 is 2.24 bits per heavy atom. The summed E-state index contributed by atoms with van der Waals surface area (Å²) in [5.74, 6) is 0.494. The molecule has 3 unspecified atom stereocenters. The van der Waals surface area contributed by atoms with Crippen LogP contribution in [0.2, 0.25) is 5.02 Å². The van der Waals surface area contributed by atoms with Crippen LogP contribution in [0.4, 0.5) is 0 Å². The molecule has 1 heterocycles. The fourth-order valence-electron chi connectivity index (χ4n) is 2.78. The predicted octanol–water partition coefficient (Wildman–Crippen LogP) is 5.19. The Hall–Kier alpha value is -1.81. The second-order valence-corrected chi connectivity index (χ2v) is 7.07. The number of rotatable bonds is 7. The van der Waals surface area contributed by atoms with E-state index in [1.165, 1.54) is 5.56 Å². The van der Waals surface area contributed by atoms with Gasteiger partial charge in [-0.3, -0.25) is 9.48 Å². The van der Waals surface area contributed by atoms with Crippen molar-refractivity contribution in [1.82, 2.24) is 15.1 Å². The third-order valence-electron chi connectivity index (χ3n) is 4.88. The lowest BCUT2D eigenvalue weighted by molar-refractivity contribution is -0.124. The second-order valence-electron chi connectivity index (χ2n) is 6.66. The van der Waals surface area contributed by atoms with Crippen LogP contribution in [0.25, 0.3) is 0 Å². The van der Waals surface area contributed by atoms with Gasteiger partial charge in [0, 0.05) is 6.20 Å². The fourth-order valence-corrected chi connectivity index (χ4v) is 2.92. The first-order valence-electron chi connectivity index (χ1n) is 8.98. The monoisotopic (exact) mass is 361 g/mol. The molecule has 1 amide bonds. The average molecular weight is 362 g/mol. The van der Waals surface area contributed by atoms with Crippen LogP contribution in [0.5, 0.6) is 0 Å². The molecule has 0 saturated heterocycles. The maximum atomic E-state index is 12.6. The van der Waals surface area contributed by atoms with E-state index in [9.17, 15) is 4.79 Å². The van der Waals surface area contributed by atoms with Crippen LogP contribution in [0.3, 0.4) is 0 Å². The van der Waals surface area contributed by atoms with E-state index in [1.807, 2.05) is 13.8 Å². The van der Waals surface area contributed by atoms with Gasteiger partial charge in [-0.05, 0) is 43.7 Å². The Morgan fingerprint density at radius 2 is 1.76 bits per heavy atom. The molecule has 4 nitrogen and oxygen atoms in total. The van der Waals surface area contributed by atoms with Crippen LogP contribution in [-0.4, -0.2) is 15.7 Å². The van der Waals surface area contributed by atoms with Crippen molar-refractivity contribution in [1.29, 1.82) is 0 Å². The molecule has 2 rings (SSSR count). The zero-order chi connectivity index (χ0) is 18.6. The second kappa shape index (κ2) is 8.52. The number of amides is 1. The Bertz CT molecular complexity index is 689. The van der Waals surface area contributed by atoms with Gasteiger partial charge in [-0.2, -0.15) is 5.10 Å². The molecule has 0 saturated carbocycles. The normalized spacial score (nSPS) is 14.8. The molecular formula is C20H28ClN3O. The van der Waals surface area contributed by atoms with Crippen LogP contribution in [0.1, 0.15) is 75.4 Å². The molecule has 0 aliphatic carbocycles. The first kappa shape index (κ1) is 19.5. The minimum atomic E-state index is -0.403. The molecule has 1 aromatic heterocycles. The third kappa shape index (κ3) is 4.63. The molecule has 25 heavy (non-hydrogen) atoms. The van der Waals surface area contributed by atoms with Crippen molar-refractivity contribution in [3.63, 3.8) is 0 Å². The lowest BCUT2D eigenvalue weighted by Crippen LogP contribution is -2.34. The number of hydrogen-bond donors (Lipinski definition) is 1. The number of nitrogens with zero attached hydrogens (tertiary/aromatic N) is 2. The SMILES string of the molecule is CCC(C)c1ccc(C(CC)NC(=O)C(C)n2cc(Cl)c(C)n2)cc1. The molecule has 1 aromatic carbocycles. The zero-order valence-electron chi connectivity index (χ0n) is 15.7. The van der Waals surface area contributed by atoms with Crippen LogP contribution in [0, 0.1) is 6.92 Å². The van der Waals surface area contributed by atoms with Gasteiger partial charge in [0.1, 0.15) is 6.04 Å². The van der Waals surface area contributed by atoms with Crippen molar-refractivity contribution in [2.45, 2.75) is 65.5 Å². The van der Waals surface area contributed by atoms with Gasteiger partial charge in [0.05, 0.1) is 16.8 Å². The molecule has 136 valence electrons. The Balaban J connectivity index is 2.09. The minimum absolute atomic E-state index is 0.00642. The largest absolute Gasteiger partial charge is 0.347 e. The van der Waals surface area contributed by atoms with Crippen molar-refractivity contribution in [3.05, 3.63) is 52.3 Å². The zero-order valence-corrected chi connectivity index (χ0v) is 16.5. The topological polar surface area (TPSA) is 46.9 Å². The summed E-state index contributed by atoms with van der Waals surface area (Å²) in [6.07, 6.45) is 3.65. The Labute approximate surface area is 155 Å². The average Bonchev–Trinajstić information content (AvgIpc) is 2.97. The van der Waals surface area contributed by atoms with Gasteiger partial charge in [-0.15, -0.1) is 0 Å². The number of aromatic nitrogens is 2. The summed E-state index contributed by atoms with van der Waals surface area (Å²) in [6.45, 7) is 10.2. The molecule has 5 heteroatoms. The predicted molar refractivity (Wildman–Crippen MR) is 103 cm³/mol. The van der Waals surface area contributed by atoms with E-state index in [-0.39, 0.29) is 11.9 Å². The van der Waals surface area contributed by atoms with E-state index in [0.717, 1.165) is 24.1 Å². The van der Waals surface area contributed by atoms with Crippen LogP contribution in [0.15, 0.2) is 30.5 Å². The third-order valence-corrected chi connectivity index (χ3v) is 5.25. The van der Waals surface area contributed by atoms with Gasteiger partial charge in [0.2, 0.25) is 5.91 Å². The molecule has 0 spiro atoms. The van der Waals surface area contributed by atoms with Crippen molar-refractivity contribution >= 4 is 17.5 Å². The molecule has 2 aromatic rings. The highest BCUT2D eigenvalue weighted by Crippen LogP contribution is 2.23. The number of benzene rings is 1. The number of carbonyl (C=O) groups is 1. The summed E-state index contributed by atoms with van der Waals surface area (Å²) in [6, 6.07) is 8.16. The van der Waals surface area contributed by atoms with Crippen LogP contribution < -0.4 is 5.32 Å². The van der Waals surface area contributed by atoms with E-state index in [2.05, 4.69) is 55.5 Å². The minimum Gasteiger partial charge on any atom is -0.347 e.